The van der Waals surface area contributed by atoms with Gasteiger partial charge in [-0.3, -0.25) is 4.90 Å². The fourth-order valence-electron chi connectivity index (χ4n) is 4.05. The maximum absolute atomic E-state index is 6.20. The zero-order valence-electron chi connectivity index (χ0n) is 17.8. The van der Waals surface area contributed by atoms with Crippen LogP contribution >= 0.6 is 11.6 Å². The van der Waals surface area contributed by atoms with Gasteiger partial charge in [-0.25, -0.2) is 4.68 Å². The third-order valence-electron chi connectivity index (χ3n) is 5.60. The van der Waals surface area contributed by atoms with Crippen LogP contribution < -0.4 is 9.64 Å². The van der Waals surface area contributed by atoms with Crippen molar-refractivity contribution in [3.05, 3.63) is 64.9 Å². The second-order valence-electron chi connectivity index (χ2n) is 7.40. The monoisotopic (exact) mass is 442 g/mol. The van der Waals surface area contributed by atoms with E-state index in [0.717, 1.165) is 54.0 Å². The smallest absolute Gasteiger partial charge is 0.173 e. The Morgan fingerprint density at radius 3 is 2.58 bits per heavy atom. The van der Waals surface area contributed by atoms with Gasteiger partial charge in [-0.2, -0.15) is 0 Å². The van der Waals surface area contributed by atoms with Crippen LogP contribution in [0.1, 0.15) is 17.4 Å². The first kappa shape index (κ1) is 21.5. The third kappa shape index (κ3) is 4.81. The van der Waals surface area contributed by atoms with Gasteiger partial charge in [-0.05, 0) is 34.7 Å². The molecular weight excluding hydrogens is 416 g/mol. The van der Waals surface area contributed by atoms with Gasteiger partial charge in [0.15, 0.2) is 5.82 Å². The van der Waals surface area contributed by atoms with Crippen LogP contribution in [-0.4, -0.2) is 72.1 Å². The second kappa shape index (κ2) is 10.1. The first-order valence-electron chi connectivity index (χ1n) is 10.3. The summed E-state index contributed by atoms with van der Waals surface area (Å²) >= 11 is 6.20. The lowest BCUT2D eigenvalue weighted by Crippen LogP contribution is -2.48. The molecule has 1 saturated heterocycles. The van der Waals surface area contributed by atoms with Crippen LogP contribution in [0.4, 0.5) is 5.69 Å². The normalized spacial score (nSPS) is 15.8. The van der Waals surface area contributed by atoms with Crippen LogP contribution in [0.15, 0.2) is 48.5 Å². The molecule has 1 aliphatic heterocycles. The van der Waals surface area contributed by atoms with Gasteiger partial charge in [-0.1, -0.05) is 35.9 Å². The van der Waals surface area contributed by atoms with Crippen molar-refractivity contribution in [2.45, 2.75) is 12.6 Å². The lowest BCUT2D eigenvalue weighted by Gasteiger charge is -2.40. The molecule has 9 heteroatoms. The van der Waals surface area contributed by atoms with Gasteiger partial charge in [0.05, 0.1) is 20.3 Å². The number of anilines is 1. The Bertz CT molecular complexity index is 989. The van der Waals surface area contributed by atoms with E-state index in [1.54, 1.807) is 14.2 Å². The summed E-state index contributed by atoms with van der Waals surface area (Å²) in [6.45, 7) is 4.60. The summed E-state index contributed by atoms with van der Waals surface area (Å²) in [4.78, 5) is 4.77. The van der Waals surface area contributed by atoms with Crippen LogP contribution in [0.3, 0.4) is 0 Å². The highest BCUT2D eigenvalue weighted by Crippen LogP contribution is 2.34. The molecule has 1 fully saturated rings. The van der Waals surface area contributed by atoms with Crippen LogP contribution in [0.25, 0.3) is 0 Å². The molecule has 0 unspecified atom stereocenters. The molecular formula is C22H27ClN6O2. The molecule has 2 aromatic carbocycles. The van der Waals surface area contributed by atoms with Crippen LogP contribution in [0.2, 0.25) is 5.02 Å². The van der Waals surface area contributed by atoms with Crippen LogP contribution in [0, 0.1) is 0 Å². The van der Waals surface area contributed by atoms with Gasteiger partial charge >= 0.3 is 0 Å². The highest BCUT2D eigenvalue weighted by Gasteiger charge is 2.32. The molecule has 31 heavy (non-hydrogen) atoms. The number of methoxy groups -OCH3 is 2. The van der Waals surface area contributed by atoms with Crippen molar-refractivity contribution in [2.75, 3.05) is 51.9 Å². The molecule has 8 nitrogen and oxygen atoms in total. The van der Waals surface area contributed by atoms with E-state index in [1.165, 1.54) is 0 Å². The number of para-hydroxylation sites is 1. The van der Waals surface area contributed by atoms with Gasteiger partial charge < -0.3 is 14.4 Å². The molecule has 164 valence electrons. The molecule has 0 bridgehead atoms. The molecule has 0 saturated carbocycles. The van der Waals surface area contributed by atoms with Crippen molar-refractivity contribution < 1.29 is 9.47 Å². The maximum Gasteiger partial charge on any atom is 0.173 e. The Balaban J connectivity index is 1.62. The van der Waals surface area contributed by atoms with Crippen molar-refractivity contribution in [3.8, 4) is 5.75 Å². The summed E-state index contributed by atoms with van der Waals surface area (Å²) < 4.78 is 12.8. The van der Waals surface area contributed by atoms with E-state index in [1.807, 2.05) is 41.1 Å². The molecule has 1 aromatic heterocycles. The van der Waals surface area contributed by atoms with E-state index in [9.17, 15) is 0 Å². The molecule has 0 spiro atoms. The average Bonchev–Trinajstić information content (AvgIpc) is 3.26. The lowest BCUT2D eigenvalue weighted by atomic mass is 10.0. The van der Waals surface area contributed by atoms with Gasteiger partial charge in [0.2, 0.25) is 0 Å². The van der Waals surface area contributed by atoms with Gasteiger partial charge in [0, 0.05) is 49.6 Å². The maximum atomic E-state index is 6.20. The van der Waals surface area contributed by atoms with E-state index in [-0.39, 0.29) is 6.04 Å². The zero-order chi connectivity index (χ0) is 21.6. The first-order valence-corrected chi connectivity index (χ1v) is 10.7. The van der Waals surface area contributed by atoms with E-state index < -0.39 is 0 Å². The van der Waals surface area contributed by atoms with Crippen molar-refractivity contribution >= 4 is 17.3 Å². The number of piperazine rings is 1. The van der Waals surface area contributed by atoms with Crippen LogP contribution in [-0.2, 0) is 11.3 Å². The quantitative estimate of drug-likeness (QED) is 0.531. The summed E-state index contributed by atoms with van der Waals surface area (Å²) in [6.07, 6.45) is 0. The van der Waals surface area contributed by atoms with Crippen LogP contribution in [0.5, 0.6) is 5.75 Å². The minimum Gasteiger partial charge on any atom is -0.496 e. The second-order valence-corrected chi connectivity index (χ2v) is 7.84. The van der Waals surface area contributed by atoms with Gasteiger partial charge in [0.25, 0.3) is 0 Å². The number of benzene rings is 2. The van der Waals surface area contributed by atoms with Gasteiger partial charge in [0.1, 0.15) is 11.8 Å². The predicted molar refractivity (Wildman–Crippen MR) is 120 cm³/mol. The Morgan fingerprint density at radius 1 is 1.03 bits per heavy atom. The highest BCUT2D eigenvalue weighted by atomic mass is 35.5. The number of tetrazole rings is 1. The standard InChI is InChI=1S/C22H27ClN6O2/c1-30-15-14-29-22(24-25-26-29)21(19-8-3-4-9-20(19)31-2)28-12-10-27(11-13-28)18-7-5-6-17(23)16-18/h3-9,16,21H,10-15H2,1-2H3/t21-/m0/s1. The molecule has 4 rings (SSSR count). The van der Waals surface area contributed by atoms with Crippen molar-refractivity contribution in [1.82, 2.24) is 25.1 Å². The number of hydrogen-bond donors (Lipinski definition) is 0. The Labute approximate surface area is 187 Å². The minimum atomic E-state index is -0.121. The molecule has 0 amide bonds. The summed E-state index contributed by atoms with van der Waals surface area (Å²) in [7, 11) is 3.37. The summed E-state index contributed by atoms with van der Waals surface area (Å²) in [6, 6.07) is 16.0. The first-order chi connectivity index (χ1) is 15.2. The number of rotatable bonds is 8. The summed E-state index contributed by atoms with van der Waals surface area (Å²) in [5, 5.41) is 13.3. The van der Waals surface area contributed by atoms with E-state index in [0.29, 0.717) is 13.2 Å². The number of ether oxygens (including phenoxy) is 2. The van der Waals surface area contributed by atoms with E-state index in [4.69, 9.17) is 21.1 Å². The lowest BCUT2D eigenvalue weighted by molar-refractivity contribution is 0.171. The Morgan fingerprint density at radius 2 is 1.84 bits per heavy atom. The number of nitrogens with zero attached hydrogens (tertiary/aromatic N) is 6. The zero-order valence-corrected chi connectivity index (χ0v) is 18.6. The van der Waals surface area contributed by atoms with Gasteiger partial charge in [-0.15, -0.1) is 5.10 Å². The molecule has 1 aliphatic rings. The third-order valence-corrected chi connectivity index (χ3v) is 5.83. The topological polar surface area (TPSA) is 68.5 Å². The molecule has 0 radical (unpaired) electrons. The van der Waals surface area contributed by atoms with E-state index >= 15 is 0 Å². The number of halogens is 1. The summed E-state index contributed by atoms with van der Waals surface area (Å²) in [5.41, 5.74) is 2.19. The van der Waals surface area contributed by atoms with E-state index in [2.05, 4.69) is 37.5 Å². The molecule has 0 N–H and O–H groups in total. The average molecular weight is 443 g/mol. The fourth-order valence-corrected chi connectivity index (χ4v) is 4.23. The molecule has 2 heterocycles. The van der Waals surface area contributed by atoms with Crippen molar-refractivity contribution in [3.63, 3.8) is 0 Å². The molecule has 0 aliphatic carbocycles. The molecule has 3 aromatic rings. The SMILES string of the molecule is COCCn1nnnc1[C@H](c1ccccc1OC)N1CCN(c2cccc(Cl)c2)CC1. The van der Waals surface area contributed by atoms with Crippen molar-refractivity contribution in [2.24, 2.45) is 0 Å². The largest absolute Gasteiger partial charge is 0.496 e. The Hall–Kier alpha value is -2.68. The van der Waals surface area contributed by atoms with Crippen molar-refractivity contribution in [1.29, 1.82) is 0 Å². The molecule has 1 atom stereocenters. The highest BCUT2D eigenvalue weighted by molar-refractivity contribution is 6.30. The fraction of sp³-hybridized carbons (Fsp3) is 0.409. The summed E-state index contributed by atoms with van der Waals surface area (Å²) in [5.74, 6) is 1.61. The predicted octanol–water partition coefficient (Wildman–Crippen LogP) is 2.89. The number of aromatic nitrogens is 4. The Kier molecular flexibility index (Phi) is 7.01. The number of hydrogen-bond acceptors (Lipinski definition) is 7. The minimum absolute atomic E-state index is 0.121.